The molecule has 17 heavy (non-hydrogen) atoms. The molecule has 96 valence electrons. The lowest BCUT2D eigenvalue weighted by Crippen LogP contribution is -2.55. The fourth-order valence-electron chi connectivity index (χ4n) is 3.04. The van der Waals surface area contributed by atoms with Gasteiger partial charge < -0.3 is 15.4 Å². The molecule has 2 heterocycles. The van der Waals surface area contributed by atoms with Gasteiger partial charge in [0.15, 0.2) is 0 Å². The van der Waals surface area contributed by atoms with Crippen LogP contribution in [0.3, 0.4) is 0 Å². The van der Waals surface area contributed by atoms with Gasteiger partial charge in [-0.2, -0.15) is 0 Å². The minimum atomic E-state index is -0.0772. The summed E-state index contributed by atoms with van der Waals surface area (Å²) in [7, 11) is 0. The van der Waals surface area contributed by atoms with Crippen molar-refractivity contribution >= 4 is 5.91 Å². The highest BCUT2D eigenvalue weighted by Gasteiger charge is 2.50. The van der Waals surface area contributed by atoms with Crippen LogP contribution < -0.4 is 10.6 Å². The lowest BCUT2D eigenvalue weighted by molar-refractivity contribution is -0.128. The SMILES string of the molecule is CC1(C(=O)NC2CCOC23CCNCC3)CC1. The van der Waals surface area contributed by atoms with E-state index < -0.39 is 0 Å². The van der Waals surface area contributed by atoms with Crippen LogP contribution in [-0.4, -0.2) is 37.2 Å². The molecule has 3 aliphatic rings. The summed E-state index contributed by atoms with van der Waals surface area (Å²) in [6.07, 6.45) is 5.10. The average molecular weight is 238 g/mol. The smallest absolute Gasteiger partial charge is 0.226 e. The van der Waals surface area contributed by atoms with E-state index >= 15 is 0 Å². The number of nitrogens with one attached hydrogen (secondary N) is 2. The topological polar surface area (TPSA) is 50.4 Å². The third-order valence-electron chi connectivity index (χ3n) is 4.73. The molecule has 1 unspecified atom stereocenters. The van der Waals surface area contributed by atoms with Gasteiger partial charge >= 0.3 is 0 Å². The summed E-state index contributed by atoms with van der Waals surface area (Å²) in [4.78, 5) is 12.1. The van der Waals surface area contributed by atoms with Gasteiger partial charge in [0.25, 0.3) is 0 Å². The Morgan fingerprint density at radius 3 is 2.65 bits per heavy atom. The minimum absolute atomic E-state index is 0.0727. The summed E-state index contributed by atoms with van der Waals surface area (Å²) in [6, 6.07) is 0.231. The largest absolute Gasteiger partial charge is 0.373 e. The monoisotopic (exact) mass is 238 g/mol. The highest BCUT2D eigenvalue weighted by molar-refractivity contribution is 5.85. The summed E-state index contributed by atoms with van der Waals surface area (Å²) >= 11 is 0. The quantitative estimate of drug-likeness (QED) is 0.748. The number of ether oxygens (including phenoxy) is 1. The molecule has 0 aromatic heterocycles. The lowest BCUT2D eigenvalue weighted by Gasteiger charge is -2.38. The summed E-state index contributed by atoms with van der Waals surface area (Å²) in [5.41, 5.74) is -0.150. The molecular weight excluding hydrogens is 216 g/mol. The van der Waals surface area contributed by atoms with Gasteiger partial charge in [-0.05, 0) is 45.2 Å². The molecule has 0 aromatic rings. The molecule has 3 rings (SSSR count). The van der Waals surface area contributed by atoms with Crippen LogP contribution in [0.25, 0.3) is 0 Å². The Morgan fingerprint density at radius 2 is 2.00 bits per heavy atom. The van der Waals surface area contributed by atoms with E-state index in [-0.39, 0.29) is 23.0 Å². The Hall–Kier alpha value is -0.610. The van der Waals surface area contributed by atoms with Gasteiger partial charge in [0, 0.05) is 12.0 Å². The van der Waals surface area contributed by atoms with E-state index in [0.717, 1.165) is 51.8 Å². The van der Waals surface area contributed by atoms with E-state index in [0.29, 0.717) is 0 Å². The zero-order chi connectivity index (χ0) is 11.9. The summed E-state index contributed by atoms with van der Waals surface area (Å²) in [6.45, 7) is 4.86. The summed E-state index contributed by atoms with van der Waals surface area (Å²) in [5.74, 6) is 0.242. The maximum atomic E-state index is 12.1. The number of amides is 1. The second kappa shape index (κ2) is 3.95. The van der Waals surface area contributed by atoms with Crippen LogP contribution in [0.1, 0.15) is 39.0 Å². The molecule has 1 spiro atoms. The molecule has 4 nitrogen and oxygen atoms in total. The van der Waals surface area contributed by atoms with Crippen molar-refractivity contribution in [2.75, 3.05) is 19.7 Å². The maximum Gasteiger partial charge on any atom is 0.226 e. The Kier molecular flexibility index (Phi) is 2.67. The van der Waals surface area contributed by atoms with E-state index in [9.17, 15) is 4.79 Å². The van der Waals surface area contributed by atoms with E-state index in [1.165, 1.54) is 0 Å². The molecule has 0 radical (unpaired) electrons. The molecule has 0 bridgehead atoms. The van der Waals surface area contributed by atoms with Crippen molar-refractivity contribution in [3.63, 3.8) is 0 Å². The van der Waals surface area contributed by atoms with Crippen LogP contribution in [0.15, 0.2) is 0 Å². The predicted molar refractivity (Wildman–Crippen MR) is 64.7 cm³/mol. The molecule has 1 amide bonds. The maximum absolute atomic E-state index is 12.1. The third kappa shape index (κ3) is 1.97. The van der Waals surface area contributed by atoms with Crippen molar-refractivity contribution in [1.82, 2.24) is 10.6 Å². The fourth-order valence-corrected chi connectivity index (χ4v) is 3.04. The van der Waals surface area contributed by atoms with Gasteiger partial charge in [0.05, 0.1) is 11.6 Å². The van der Waals surface area contributed by atoms with Crippen LogP contribution >= 0.6 is 0 Å². The third-order valence-corrected chi connectivity index (χ3v) is 4.73. The van der Waals surface area contributed by atoms with Gasteiger partial charge in [0.2, 0.25) is 5.91 Å². The second-order valence-electron chi connectivity index (χ2n) is 6.04. The number of piperidine rings is 1. The first-order valence-corrected chi connectivity index (χ1v) is 6.80. The second-order valence-corrected chi connectivity index (χ2v) is 6.04. The minimum Gasteiger partial charge on any atom is -0.373 e. The standard InChI is InChI=1S/C13H22N2O2/c1-12(3-4-12)11(16)15-10-2-9-17-13(10)5-7-14-8-6-13/h10,14H,2-9H2,1H3,(H,15,16). The number of hydrogen-bond donors (Lipinski definition) is 2. The predicted octanol–water partition coefficient (Wildman–Crippen LogP) is 0.814. The molecule has 3 fully saturated rings. The molecule has 2 N–H and O–H groups in total. The Bertz CT molecular complexity index is 319. The van der Waals surface area contributed by atoms with Crippen molar-refractivity contribution in [1.29, 1.82) is 0 Å². The zero-order valence-corrected chi connectivity index (χ0v) is 10.6. The molecule has 2 saturated heterocycles. The number of carbonyl (C=O) groups excluding carboxylic acids is 1. The van der Waals surface area contributed by atoms with Gasteiger partial charge in [-0.3, -0.25) is 4.79 Å². The molecule has 2 aliphatic heterocycles. The highest BCUT2D eigenvalue weighted by Crippen LogP contribution is 2.46. The van der Waals surface area contributed by atoms with E-state index in [1.54, 1.807) is 0 Å². The first kappa shape index (κ1) is 11.5. The van der Waals surface area contributed by atoms with Crippen molar-refractivity contribution in [2.24, 2.45) is 5.41 Å². The zero-order valence-electron chi connectivity index (χ0n) is 10.6. The van der Waals surface area contributed by atoms with Crippen LogP contribution in [0.2, 0.25) is 0 Å². The normalized spacial score (nSPS) is 33.6. The number of rotatable bonds is 2. The molecule has 0 aromatic carbocycles. The Labute approximate surface area is 102 Å². The van der Waals surface area contributed by atoms with Crippen molar-refractivity contribution in [3.05, 3.63) is 0 Å². The highest BCUT2D eigenvalue weighted by atomic mass is 16.5. The van der Waals surface area contributed by atoms with Gasteiger partial charge in [-0.1, -0.05) is 6.92 Å². The average Bonchev–Trinajstić information content (AvgIpc) is 2.99. The van der Waals surface area contributed by atoms with Crippen molar-refractivity contribution < 1.29 is 9.53 Å². The van der Waals surface area contributed by atoms with Crippen LogP contribution in [0.5, 0.6) is 0 Å². The van der Waals surface area contributed by atoms with Gasteiger partial charge in [0.1, 0.15) is 0 Å². The Balaban J connectivity index is 1.67. The first-order valence-electron chi connectivity index (χ1n) is 6.80. The molecule has 1 saturated carbocycles. The van der Waals surface area contributed by atoms with E-state index in [2.05, 4.69) is 17.6 Å². The number of carbonyl (C=O) groups is 1. The fraction of sp³-hybridized carbons (Fsp3) is 0.923. The van der Waals surface area contributed by atoms with Crippen LogP contribution in [-0.2, 0) is 9.53 Å². The molecule has 1 aliphatic carbocycles. The van der Waals surface area contributed by atoms with Crippen LogP contribution in [0, 0.1) is 5.41 Å². The van der Waals surface area contributed by atoms with Gasteiger partial charge in [-0.15, -0.1) is 0 Å². The molecule has 1 atom stereocenters. The molecule has 4 heteroatoms. The lowest BCUT2D eigenvalue weighted by atomic mass is 9.85. The van der Waals surface area contributed by atoms with Crippen LogP contribution in [0.4, 0.5) is 0 Å². The van der Waals surface area contributed by atoms with Crippen molar-refractivity contribution in [3.8, 4) is 0 Å². The number of hydrogen-bond acceptors (Lipinski definition) is 3. The summed E-state index contributed by atoms with van der Waals surface area (Å²) in [5, 5.41) is 6.61. The van der Waals surface area contributed by atoms with Crippen molar-refractivity contribution in [2.45, 2.75) is 50.7 Å². The van der Waals surface area contributed by atoms with E-state index in [4.69, 9.17) is 4.74 Å². The Morgan fingerprint density at radius 1 is 1.29 bits per heavy atom. The summed E-state index contributed by atoms with van der Waals surface area (Å²) < 4.78 is 5.97. The first-order chi connectivity index (χ1) is 8.15. The molecular formula is C13H22N2O2. The van der Waals surface area contributed by atoms with Gasteiger partial charge in [-0.25, -0.2) is 0 Å². The van der Waals surface area contributed by atoms with E-state index in [1.807, 2.05) is 0 Å².